The van der Waals surface area contributed by atoms with E-state index in [4.69, 9.17) is 4.74 Å². The van der Waals surface area contributed by atoms with Crippen LogP contribution in [0.2, 0.25) is 0 Å². The number of aryl methyl sites for hydroxylation is 1. The minimum Gasteiger partial charge on any atom is -0.383 e. The standard InChI is InChI=1S/C20H30N4O2S/c1-16-17(2)24(13-14-26-4)20(22-16)27-15-19(25)21-11-8-12-23(3)18-9-6-5-7-10-18/h5-7,9-10H,8,11-15H2,1-4H3,(H,21,25). The summed E-state index contributed by atoms with van der Waals surface area (Å²) in [5, 5.41) is 3.87. The van der Waals surface area contributed by atoms with Crippen LogP contribution in [0.5, 0.6) is 0 Å². The van der Waals surface area contributed by atoms with Crippen molar-refractivity contribution in [1.29, 1.82) is 0 Å². The van der Waals surface area contributed by atoms with Crippen molar-refractivity contribution >= 4 is 23.4 Å². The lowest BCUT2D eigenvalue weighted by molar-refractivity contribution is -0.118. The number of nitrogens with one attached hydrogen (secondary N) is 1. The lowest BCUT2D eigenvalue weighted by atomic mass is 10.3. The van der Waals surface area contributed by atoms with Crippen molar-refractivity contribution in [2.24, 2.45) is 0 Å². The molecule has 1 heterocycles. The van der Waals surface area contributed by atoms with Crippen molar-refractivity contribution in [3.05, 3.63) is 41.7 Å². The number of hydrogen-bond donors (Lipinski definition) is 1. The van der Waals surface area contributed by atoms with Gasteiger partial charge in [-0.3, -0.25) is 4.79 Å². The molecule has 148 valence electrons. The predicted octanol–water partition coefficient (Wildman–Crippen LogP) is 2.88. The predicted molar refractivity (Wildman–Crippen MR) is 112 cm³/mol. The summed E-state index contributed by atoms with van der Waals surface area (Å²) >= 11 is 1.48. The summed E-state index contributed by atoms with van der Waals surface area (Å²) < 4.78 is 7.28. The zero-order valence-corrected chi connectivity index (χ0v) is 17.5. The number of benzene rings is 1. The summed E-state index contributed by atoms with van der Waals surface area (Å²) in [5.74, 6) is 0.413. The molecule has 0 radical (unpaired) electrons. The van der Waals surface area contributed by atoms with Gasteiger partial charge < -0.3 is 19.5 Å². The van der Waals surface area contributed by atoms with Gasteiger partial charge in [0.1, 0.15) is 0 Å². The summed E-state index contributed by atoms with van der Waals surface area (Å²) in [7, 11) is 3.76. The maximum Gasteiger partial charge on any atom is 0.230 e. The highest BCUT2D eigenvalue weighted by Crippen LogP contribution is 2.21. The molecule has 27 heavy (non-hydrogen) atoms. The molecule has 0 aliphatic carbocycles. The Kier molecular flexibility index (Phi) is 8.67. The lowest BCUT2D eigenvalue weighted by Gasteiger charge is -2.19. The minimum atomic E-state index is 0.0407. The van der Waals surface area contributed by atoms with E-state index in [2.05, 4.69) is 38.9 Å². The summed E-state index contributed by atoms with van der Waals surface area (Å²) in [6, 6.07) is 10.3. The minimum absolute atomic E-state index is 0.0407. The second-order valence-corrected chi connectivity index (χ2v) is 7.40. The summed E-state index contributed by atoms with van der Waals surface area (Å²) in [5.41, 5.74) is 3.31. The smallest absolute Gasteiger partial charge is 0.230 e. The van der Waals surface area contributed by atoms with Gasteiger partial charge >= 0.3 is 0 Å². The van der Waals surface area contributed by atoms with E-state index in [1.165, 1.54) is 17.4 Å². The van der Waals surface area contributed by atoms with E-state index in [0.717, 1.165) is 36.1 Å². The first-order chi connectivity index (χ1) is 13.0. The third-order valence-electron chi connectivity index (χ3n) is 4.46. The molecule has 0 spiro atoms. The maximum atomic E-state index is 12.1. The third-order valence-corrected chi connectivity index (χ3v) is 5.44. The normalized spacial score (nSPS) is 10.8. The van der Waals surface area contributed by atoms with Crippen LogP contribution in [0.3, 0.4) is 0 Å². The molecule has 0 saturated heterocycles. The second-order valence-electron chi connectivity index (χ2n) is 6.46. The molecule has 2 rings (SSSR count). The number of rotatable bonds is 11. The zero-order chi connectivity index (χ0) is 19.6. The molecule has 0 bridgehead atoms. The average Bonchev–Trinajstić information content (AvgIpc) is 2.95. The first-order valence-corrected chi connectivity index (χ1v) is 10.2. The zero-order valence-electron chi connectivity index (χ0n) is 16.7. The van der Waals surface area contributed by atoms with Crippen molar-refractivity contribution in [2.75, 3.05) is 44.5 Å². The fourth-order valence-electron chi connectivity index (χ4n) is 2.72. The Morgan fingerprint density at radius 3 is 2.74 bits per heavy atom. The number of hydrogen-bond acceptors (Lipinski definition) is 5. The number of aromatic nitrogens is 2. The molecule has 6 nitrogen and oxygen atoms in total. The Morgan fingerprint density at radius 1 is 1.30 bits per heavy atom. The van der Waals surface area contributed by atoms with Gasteiger partial charge in [0, 0.05) is 45.2 Å². The van der Waals surface area contributed by atoms with Gasteiger partial charge in [-0.25, -0.2) is 4.98 Å². The molecule has 7 heteroatoms. The number of anilines is 1. The molecular weight excluding hydrogens is 360 g/mol. The SMILES string of the molecule is COCCn1c(SCC(=O)NCCCN(C)c2ccccc2)nc(C)c1C. The van der Waals surface area contributed by atoms with Gasteiger partial charge in [-0.15, -0.1) is 0 Å². The van der Waals surface area contributed by atoms with Gasteiger partial charge in [-0.2, -0.15) is 0 Å². The van der Waals surface area contributed by atoms with E-state index in [9.17, 15) is 4.79 Å². The van der Waals surface area contributed by atoms with Crippen molar-refractivity contribution in [1.82, 2.24) is 14.9 Å². The highest BCUT2D eigenvalue weighted by atomic mass is 32.2. The number of carbonyl (C=O) groups excluding carboxylic acids is 1. The van der Waals surface area contributed by atoms with Gasteiger partial charge in [-0.05, 0) is 32.4 Å². The fourth-order valence-corrected chi connectivity index (χ4v) is 3.66. The molecule has 0 atom stereocenters. The van der Waals surface area contributed by atoms with Crippen molar-refractivity contribution in [3.8, 4) is 0 Å². The highest BCUT2D eigenvalue weighted by Gasteiger charge is 2.13. The van der Waals surface area contributed by atoms with E-state index in [-0.39, 0.29) is 5.91 Å². The Morgan fingerprint density at radius 2 is 2.04 bits per heavy atom. The maximum absolute atomic E-state index is 12.1. The summed E-state index contributed by atoms with van der Waals surface area (Å²) in [4.78, 5) is 18.9. The van der Waals surface area contributed by atoms with Crippen LogP contribution >= 0.6 is 11.8 Å². The fraction of sp³-hybridized carbons (Fsp3) is 0.500. The Labute approximate surface area is 166 Å². The topological polar surface area (TPSA) is 59.4 Å². The number of amides is 1. The summed E-state index contributed by atoms with van der Waals surface area (Å²) in [6.45, 7) is 6.99. The van der Waals surface area contributed by atoms with Crippen LogP contribution in [0.25, 0.3) is 0 Å². The first-order valence-electron chi connectivity index (χ1n) is 9.21. The largest absolute Gasteiger partial charge is 0.383 e. The van der Waals surface area contributed by atoms with E-state index < -0.39 is 0 Å². The number of nitrogens with zero attached hydrogens (tertiary/aromatic N) is 3. The first kappa shape index (κ1) is 21.3. The second kappa shape index (κ2) is 11.0. The molecule has 0 unspecified atom stereocenters. The number of imidazole rings is 1. The van der Waals surface area contributed by atoms with Crippen LogP contribution in [0.15, 0.2) is 35.5 Å². The molecular formula is C20H30N4O2S. The van der Waals surface area contributed by atoms with Gasteiger partial charge in [-0.1, -0.05) is 30.0 Å². The van der Waals surface area contributed by atoms with Crippen LogP contribution in [0, 0.1) is 13.8 Å². The van der Waals surface area contributed by atoms with Gasteiger partial charge in [0.2, 0.25) is 5.91 Å². The summed E-state index contributed by atoms with van der Waals surface area (Å²) in [6.07, 6.45) is 0.905. The Bertz CT molecular complexity index is 718. The molecule has 1 aromatic heterocycles. The molecule has 1 N–H and O–H groups in total. The van der Waals surface area contributed by atoms with Crippen LogP contribution in [0.4, 0.5) is 5.69 Å². The van der Waals surface area contributed by atoms with Gasteiger partial charge in [0.25, 0.3) is 0 Å². The number of ether oxygens (including phenoxy) is 1. The van der Waals surface area contributed by atoms with E-state index in [1.807, 2.05) is 32.0 Å². The van der Waals surface area contributed by atoms with Crippen LogP contribution < -0.4 is 10.2 Å². The molecule has 0 aliphatic heterocycles. The van der Waals surface area contributed by atoms with Crippen molar-refractivity contribution in [3.63, 3.8) is 0 Å². The van der Waals surface area contributed by atoms with E-state index in [1.54, 1.807) is 7.11 Å². The monoisotopic (exact) mass is 390 g/mol. The van der Waals surface area contributed by atoms with Crippen molar-refractivity contribution in [2.45, 2.75) is 32.0 Å². The molecule has 1 aromatic carbocycles. The number of thioether (sulfide) groups is 1. The van der Waals surface area contributed by atoms with E-state index >= 15 is 0 Å². The molecule has 2 aromatic rings. The Hall–Kier alpha value is -1.99. The van der Waals surface area contributed by atoms with Crippen molar-refractivity contribution < 1.29 is 9.53 Å². The molecule has 1 amide bonds. The van der Waals surface area contributed by atoms with Gasteiger partial charge in [0.05, 0.1) is 18.1 Å². The van der Waals surface area contributed by atoms with Crippen LogP contribution in [-0.4, -0.2) is 55.1 Å². The molecule has 0 fully saturated rings. The highest BCUT2D eigenvalue weighted by molar-refractivity contribution is 7.99. The van der Waals surface area contributed by atoms with E-state index in [0.29, 0.717) is 18.9 Å². The quantitative estimate of drug-likeness (QED) is 0.472. The molecule has 0 saturated carbocycles. The average molecular weight is 391 g/mol. The van der Waals surface area contributed by atoms with Gasteiger partial charge in [0.15, 0.2) is 5.16 Å². The number of carbonyl (C=O) groups is 1. The lowest BCUT2D eigenvalue weighted by Crippen LogP contribution is -2.29. The van der Waals surface area contributed by atoms with Crippen LogP contribution in [0.1, 0.15) is 17.8 Å². The van der Waals surface area contributed by atoms with Crippen LogP contribution in [-0.2, 0) is 16.1 Å². The molecule has 0 aliphatic rings. The third kappa shape index (κ3) is 6.59. The Balaban J connectivity index is 1.71. The number of para-hydroxylation sites is 1. The number of methoxy groups -OCH3 is 1.